The Labute approximate surface area is 90.4 Å². The van der Waals surface area contributed by atoms with Crippen molar-refractivity contribution in [3.05, 3.63) is 29.8 Å². The molecule has 0 aliphatic heterocycles. The maximum absolute atomic E-state index is 12.1. The Bertz CT molecular complexity index is 377. The summed E-state index contributed by atoms with van der Waals surface area (Å²) in [5.74, 6) is -0.441. The lowest BCUT2D eigenvalue weighted by Crippen LogP contribution is -2.22. The van der Waals surface area contributed by atoms with E-state index in [0.717, 1.165) is 0 Å². The van der Waals surface area contributed by atoms with Crippen molar-refractivity contribution in [2.75, 3.05) is 11.9 Å². The highest BCUT2D eigenvalue weighted by Crippen LogP contribution is 2.22. The van der Waals surface area contributed by atoms with Gasteiger partial charge in [-0.25, -0.2) is 0 Å². The molecular formula is C10H11F3N2O. The molecule has 3 nitrogen and oxygen atoms in total. The van der Waals surface area contributed by atoms with Crippen molar-refractivity contribution in [3.63, 3.8) is 0 Å². The van der Waals surface area contributed by atoms with E-state index in [1.165, 1.54) is 24.3 Å². The molecular weight excluding hydrogens is 221 g/mol. The fourth-order valence-electron chi connectivity index (χ4n) is 1.20. The lowest BCUT2D eigenvalue weighted by atomic mass is 10.1. The van der Waals surface area contributed by atoms with E-state index in [2.05, 4.69) is 5.32 Å². The largest absolute Gasteiger partial charge is 0.393 e. The van der Waals surface area contributed by atoms with Crippen LogP contribution >= 0.6 is 0 Å². The standard InChI is InChI=1S/C10H11F3N2O/c11-10(12,13)5-7-2-1-3-8(4-7)15-9(16)6-14/h1-4H,5-6,14H2,(H,15,16). The maximum atomic E-state index is 12.1. The summed E-state index contributed by atoms with van der Waals surface area (Å²) in [5, 5.41) is 2.39. The van der Waals surface area contributed by atoms with E-state index in [0.29, 0.717) is 5.69 Å². The van der Waals surface area contributed by atoms with E-state index >= 15 is 0 Å². The normalized spacial score (nSPS) is 11.2. The number of rotatable bonds is 3. The second-order valence-corrected chi connectivity index (χ2v) is 3.24. The molecule has 0 aliphatic rings. The molecule has 0 saturated carbocycles. The molecule has 0 fully saturated rings. The first kappa shape index (κ1) is 12.5. The van der Waals surface area contributed by atoms with Gasteiger partial charge in [0.2, 0.25) is 5.91 Å². The van der Waals surface area contributed by atoms with Crippen LogP contribution in [-0.2, 0) is 11.2 Å². The summed E-state index contributed by atoms with van der Waals surface area (Å²) in [6.45, 7) is -0.205. The Hall–Kier alpha value is -1.56. The summed E-state index contributed by atoms with van der Waals surface area (Å²) in [6.07, 6.45) is -5.27. The lowest BCUT2D eigenvalue weighted by Gasteiger charge is -2.08. The van der Waals surface area contributed by atoms with Gasteiger partial charge in [0.05, 0.1) is 13.0 Å². The Morgan fingerprint density at radius 3 is 2.62 bits per heavy atom. The van der Waals surface area contributed by atoms with Gasteiger partial charge in [-0.1, -0.05) is 12.1 Å². The fourth-order valence-corrected chi connectivity index (χ4v) is 1.20. The van der Waals surface area contributed by atoms with Crippen LogP contribution in [0.15, 0.2) is 24.3 Å². The summed E-state index contributed by atoms with van der Waals surface area (Å²) >= 11 is 0. The minimum Gasteiger partial charge on any atom is -0.325 e. The third-order valence-corrected chi connectivity index (χ3v) is 1.80. The Balaban J connectivity index is 2.75. The smallest absolute Gasteiger partial charge is 0.325 e. The van der Waals surface area contributed by atoms with Gasteiger partial charge in [0, 0.05) is 5.69 Å². The van der Waals surface area contributed by atoms with E-state index in [1.807, 2.05) is 0 Å². The number of halogens is 3. The van der Waals surface area contributed by atoms with E-state index in [-0.39, 0.29) is 12.1 Å². The lowest BCUT2D eigenvalue weighted by molar-refractivity contribution is -0.127. The molecule has 6 heteroatoms. The first-order chi connectivity index (χ1) is 7.40. The van der Waals surface area contributed by atoms with Gasteiger partial charge in [-0.3, -0.25) is 4.79 Å². The van der Waals surface area contributed by atoms with Gasteiger partial charge in [0.25, 0.3) is 0 Å². The van der Waals surface area contributed by atoms with Crippen LogP contribution in [-0.4, -0.2) is 18.6 Å². The van der Waals surface area contributed by atoms with Crippen molar-refractivity contribution < 1.29 is 18.0 Å². The quantitative estimate of drug-likeness (QED) is 0.833. The minimum absolute atomic E-state index is 0.0994. The average Bonchev–Trinajstić information content (AvgIpc) is 2.15. The first-order valence-corrected chi connectivity index (χ1v) is 4.56. The van der Waals surface area contributed by atoms with Gasteiger partial charge >= 0.3 is 6.18 Å². The number of nitrogens with two attached hydrogens (primary N) is 1. The molecule has 0 spiro atoms. The Morgan fingerprint density at radius 1 is 1.38 bits per heavy atom. The van der Waals surface area contributed by atoms with Crippen LogP contribution in [0.3, 0.4) is 0 Å². The molecule has 16 heavy (non-hydrogen) atoms. The van der Waals surface area contributed by atoms with E-state index in [4.69, 9.17) is 5.73 Å². The zero-order valence-corrected chi connectivity index (χ0v) is 8.34. The van der Waals surface area contributed by atoms with Crippen molar-refractivity contribution in [3.8, 4) is 0 Å². The number of nitrogens with one attached hydrogen (secondary N) is 1. The van der Waals surface area contributed by atoms with Crippen LogP contribution in [0.1, 0.15) is 5.56 Å². The van der Waals surface area contributed by atoms with Crippen LogP contribution in [0, 0.1) is 0 Å². The highest BCUT2D eigenvalue weighted by molar-refractivity contribution is 5.92. The van der Waals surface area contributed by atoms with Crippen LogP contribution in [0.2, 0.25) is 0 Å². The highest BCUT2D eigenvalue weighted by atomic mass is 19.4. The third-order valence-electron chi connectivity index (χ3n) is 1.80. The molecule has 0 saturated heterocycles. The van der Waals surface area contributed by atoms with Gasteiger partial charge in [-0.05, 0) is 17.7 Å². The molecule has 3 N–H and O–H groups in total. The summed E-state index contributed by atoms with van der Waals surface area (Å²) < 4.78 is 36.3. The topological polar surface area (TPSA) is 55.1 Å². The zero-order chi connectivity index (χ0) is 12.2. The molecule has 0 heterocycles. The number of carbonyl (C=O) groups is 1. The zero-order valence-electron chi connectivity index (χ0n) is 8.34. The number of carbonyl (C=O) groups excluding carboxylic acids is 1. The maximum Gasteiger partial charge on any atom is 0.393 e. The summed E-state index contributed by atoms with van der Waals surface area (Å²) in [4.78, 5) is 10.9. The molecule has 88 valence electrons. The van der Waals surface area contributed by atoms with E-state index in [1.54, 1.807) is 0 Å². The van der Waals surface area contributed by atoms with Crippen molar-refractivity contribution >= 4 is 11.6 Å². The van der Waals surface area contributed by atoms with Gasteiger partial charge in [0.15, 0.2) is 0 Å². The van der Waals surface area contributed by atoms with Crippen LogP contribution in [0.5, 0.6) is 0 Å². The monoisotopic (exact) mass is 232 g/mol. The first-order valence-electron chi connectivity index (χ1n) is 4.56. The second kappa shape index (κ2) is 4.98. The van der Waals surface area contributed by atoms with Crippen molar-refractivity contribution in [2.24, 2.45) is 5.73 Å². The van der Waals surface area contributed by atoms with Crippen LogP contribution < -0.4 is 11.1 Å². The Morgan fingerprint density at radius 2 is 2.06 bits per heavy atom. The number of anilines is 1. The van der Waals surface area contributed by atoms with E-state index in [9.17, 15) is 18.0 Å². The number of benzene rings is 1. The number of alkyl halides is 3. The molecule has 0 aromatic heterocycles. The molecule has 0 unspecified atom stereocenters. The number of hydrogen-bond acceptors (Lipinski definition) is 2. The third kappa shape index (κ3) is 4.31. The van der Waals surface area contributed by atoms with Gasteiger partial charge in [-0.2, -0.15) is 13.2 Å². The van der Waals surface area contributed by atoms with Gasteiger partial charge < -0.3 is 11.1 Å². The summed E-state index contributed by atoms with van der Waals surface area (Å²) in [5.41, 5.74) is 5.48. The predicted molar refractivity (Wildman–Crippen MR) is 53.9 cm³/mol. The molecule has 0 atom stereocenters. The number of hydrogen-bond donors (Lipinski definition) is 2. The SMILES string of the molecule is NCC(=O)Nc1cccc(CC(F)(F)F)c1. The summed E-state index contributed by atoms with van der Waals surface area (Å²) in [6, 6.07) is 5.59. The minimum atomic E-state index is -4.25. The molecule has 1 rings (SSSR count). The number of amides is 1. The average molecular weight is 232 g/mol. The molecule has 1 aromatic rings. The molecule has 1 amide bonds. The van der Waals surface area contributed by atoms with Crippen LogP contribution in [0.25, 0.3) is 0 Å². The van der Waals surface area contributed by atoms with Gasteiger partial charge in [-0.15, -0.1) is 0 Å². The fraction of sp³-hybridized carbons (Fsp3) is 0.300. The molecule has 0 aliphatic carbocycles. The Kier molecular flexibility index (Phi) is 3.89. The van der Waals surface area contributed by atoms with Crippen LogP contribution in [0.4, 0.5) is 18.9 Å². The molecule has 0 radical (unpaired) electrons. The predicted octanol–water partition coefficient (Wildman–Crippen LogP) is 1.69. The molecule has 0 bridgehead atoms. The van der Waals surface area contributed by atoms with Gasteiger partial charge in [0.1, 0.15) is 0 Å². The van der Waals surface area contributed by atoms with E-state index < -0.39 is 18.5 Å². The van der Waals surface area contributed by atoms with Crippen molar-refractivity contribution in [1.29, 1.82) is 0 Å². The highest BCUT2D eigenvalue weighted by Gasteiger charge is 2.27. The molecule has 1 aromatic carbocycles. The second-order valence-electron chi connectivity index (χ2n) is 3.24. The van der Waals surface area contributed by atoms with Crippen molar-refractivity contribution in [1.82, 2.24) is 0 Å². The van der Waals surface area contributed by atoms with Crippen molar-refractivity contribution in [2.45, 2.75) is 12.6 Å². The summed E-state index contributed by atoms with van der Waals surface area (Å²) in [7, 11) is 0.